The maximum Gasteiger partial charge on any atom is 0.303 e. The van der Waals surface area contributed by atoms with E-state index < -0.39 is 25.0 Å². The summed E-state index contributed by atoms with van der Waals surface area (Å²) in [7, 11) is 0. The first kappa shape index (κ1) is 25.3. The minimum atomic E-state index is -0.655. The second-order valence-electron chi connectivity index (χ2n) is 6.24. The number of aliphatic hydroxyl groups is 2. The number of rotatable bonds is 16. The Morgan fingerprint density at radius 3 is 1.21 bits per heavy atom. The van der Waals surface area contributed by atoms with Crippen LogP contribution >= 0.6 is 0 Å². The average molecular weight is 347 g/mol. The Morgan fingerprint density at radius 1 is 0.625 bits per heavy atom. The molecular weight excluding hydrogens is 308 g/mol. The van der Waals surface area contributed by atoms with Crippen LogP contribution in [-0.2, 0) is 9.59 Å². The highest BCUT2D eigenvalue weighted by Crippen LogP contribution is 2.12. The number of aliphatic carboxylic acids is 1. The number of carboxylic acids is 1. The predicted octanol–water partition coefficient (Wildman–Crippen LogP) is 4.09. The Morgan fingerprint density at radius 2 is 0.958 bits per heavy atom. The molecule has 5 nitrogen and oxygen atoms in total. The Kier molecular flexibility index (Phi) is 23.3. The van der Waals surface area contributed by atoms with Gasteiger partial charge < -0.3 is 15.3 Å². The van der Waals surface area contributed by atoms with Gasteiger partial charge in [0.2, 0.25) is 0 Å². The van der Waals surface area contributed by atoms with E-state index in [0.717, 1.165) is 12.8 Å². The maximum atomic E-state index is 10.3. The van der Waals surface area contributed by atoms with Crippen molar-refractivity contribution in [3.8, 4) is 0 Å². The van der Waals surface area contributed by atoms with Crippen molar-refractivity contribution >= 4 is 11.8 Å². The molecule has 3 N–H and O–H groups in total. The van der Waals surface area contributed by atoms with Crippen LogP contribution < -0.4 is 0 Å². The van der Waals surface area contributed by atoms with Gasteiger partial charge >= 0.3 is 5.97 Å². The zero-order valence-electron chi connectivity index (χ0n) is 15.5. The van der Waals surface area contributed by atoms with Crippen molar-refractivity contribution < 1.29 is 24.9 Å². The van der Waals surface area contributed by atoms with Crippen molar-refractivity contribution in [2.24, 2.45) is 0 Å². The summed E-state index contributed by atoms with van der Waals surface area (Å²) in [5.41, 5.74) is 0. The van der Waals surface area contributed by atoms with E-state index in [0.29, 0.717) is 6.42 Å². The fraction of sp³-hybridized carbons (Fsp3) is 0.895. The van der Waals surface area contributed by atoms with Gasteiger partial charge in [-0.15, -0.1) is 0 Å². The number of carbonyl (C=O) groups excluding carboxylic acids is 1. The highest BCUT2D eigenvalue weighted by Gasteiger charge is 1.96. The van der Waals surface area contributed by atoms with E-state index in [2.05, 4.69) is 6.92 Å². The summed E-state index contributed by atoms with van der Waals surface area (Å²) in [4.78, 5) is 20.0. The normalized spacial score (nSPS) is 10.1. The molecule has 0 aliphatic heterocycles. The van der Waals surface area contributed by atoms with Gasteiger partial charge in [-0.1, -0.05) is 84.0 Å². The van der Waals surface area contributed by atoms with Gasteiger partial charge in [-0.05, 0) is 6.42 Å². The molecular formula is C19H38O5. The quantitative estimate of drug-likeness (QED) is 0.366. The number of hydrogen-bond donors (Lipinski definition) is 3. The summed E-state index contributed by atoms with van der Waals surface area (Å²) >= 11 is 0. The topological polar surface area (TPSA) is 94.8 Å². The largest absolute Gasteiger partial charge is 0.481 e. The van der Waals surface area contributed by atoms with Gasteiger partial charge in [-0.25, -0.2) is 0 Å². The SMILES string of the molecule is CCCCCCCCCCCCCCCC(=O)O.O=C(CO)CO. The van der Waals surface area contributed by atoms with Crippen LogP contribution in [0.4, 0.5) is 0 Å². The van der Waals surface area contributed by atoms with Crippen molar-refractivity contribution in [1.82, 2.24) is 0 Å². The van der Waals surface area contributed by atoms with Crippen LogP contribution in [0.25, 0.3) is 0 Å². The summed E-state index contributed by atoms with van der Waals surface area (Å²) in [5, 5.41) is 24.1. The molecule has 0 rings (SSSR count). The molecule has 5 heteroatoms. The summed E-state index contributed by atoms with van der Waals surface area (Å²) in [6.07, 6.45) is 17.3. The second kappa shape index (κ2) is 22.1. The lowest BCUT2D eigenvalue weighted by Gasteiger charge is -2.02. The molecule has 0 atom stereocenters. The first-order valence-corrected chi connectivity index (χ1v) is 9.53. The molecule has 0 spiro atoms. The minimum absolute atomic E-state index is 0.345. The van der Waals surface area contributed by atoms with Crippen LogP contribution in [-0.4, -0.2) is 40.3 Å². The lowest BCUT2D eigenvalue weighted by atomic mass is 10.0. The molecule has 0 aliphatic carbocycles. The van der Waals surface area contributed by atoms with Crippen LogP contribution in [0.3, 0.4) is 0 Å². The molecule has 0 fully saturated rings. The maximum absolute atomic E-state index is 10.3. The van der Waals surface area contributed by atoms with E-state index in [1.54, 1.807) is 0 Å². The molecule has 0 unspecified atom stereocenters. The van der Waals surface area contributed by atoms with Crippen molar-refractivity contribution in [3.05, 3.63) is 0 Å². The number of ketones is 1. The van der Waals surface area contributed by atoms with Gasteiger partial charge in [-0.3, -0.25) is 9.59 Å². The number of carboxylic acid groups (broad SMARTS) is 1. The minimum Gasteiger partial charge on any atom is -0.481 e. The monoisotopic (exact) mass is 346 g/mol. The van der Waals surface area contributed by atoms with E-state index in [4.69, 9.17) is 15.3 Å². The van der Waals surface area contributed by atoms with E-state index in [-0.39, 0.29) is 0 Å². The molecule has 0 aromatic rings. The summed E-state index contributed by atoms with van der Waals surface area (Å²) in [6, 6.07) is 0. The summed E-state index contributed by atoms with van der Waals surface area (Å²) < 4.78 is 0. The molecule has 0 saturated carbocycles. The first-order chi connectivity index (χ1) is 11.6. The summed E-state index contributed by atoms with van der Waals surface area (Å²) in [5.74, 6) is -1.20. The van der Waals surface area contributed by atoms with Crippen LogP contribution in [0.15, 0.2) is 0 Å². The molecule has 0 heterocycles. The van der Waals surface area contributed by atoms with Crippen LogP contribution in [0, 0.1) is 0 Å². The fourth-order valence-corrected chi connectivity index (χ4v) is 2.34. The highest BCUT2D eigenvalue weighted by atomic mass is 16.4. The molecule has 0 aromatic heterocycles. The third-order valence-electron chi connectivity index (χ3n) is 3.85. The van der Waals surface area contributed by atoms with E-state index in [1.807, 2.05) is 0 Å². The van der Waals surface area contributed by atoms with E-state index in [1.165, 1.54) is 70.6 Å². The zero-order chi connectivity index (χ0) is 18.5. The molecule has 24 heavy (non-hydrogen) atoms. The first-order valence-electron chi connectivity index (χ1n) is 9.53. The van der Waals surface area contributed by atoms with Gasteiger partial charge in [0.05, 0.1) is 0 Å². The number of carbonyl (C=O) groups is 2. The third kappa shape index (κ3) is 26.0. The fourth-order valence-electron chi connectivity index (χ4n) is 2.34. The van der Waals surface area contributed by atoms with Crippen LogP contribution in [0.5, 0.6) is 0 Å². The summed E-state index contributed by atoms with van der Waals surface area (Å²) in [6.45, 7) is 1.14. The van der Waals surface area contributed by atoms with Gasteiger partial charge in [0.1, 0.15) is 13.2 Å². The molecule has 0 saturated heterocycles. The number of hydrogen-bond acceptors (Lipinski definition) is 4. The van der Waals surface area contributed by atoms with Crippen molar-refractivity contribution in [2.75, 3.05) is 13.2 Å². The molecule has 144 valence electrons. The second-order valence-corrected chi connectivity index (χ2v) is 6.24. The van der Waals surface area contributed by atoms with Gasteiger partial charge in [0.15, 0.2) is 5.78 Å². The van der Waals surface area contributed by atoms with Gasteiger partial charge in [0, 0.05) is 6.42 Å². The average Bonchev–Trinajstić information content (AvgIpc) is 2.58. The molecule has 0 radical (unpaired) electrons. The molecule has 0 aliphatic rings. The molecule has 0 amide bonds. The van der Waals surface area contributed by atoms with Crippen molar-refractivity contribution in [2.45, 2.75) is 96.8 Å². The Hall–Kier alpha value is -0.940. The lowest BCUT2D eigenvalue weighted by molar-refractivity contribution is -0.137. The lowest BCUT2D eigenvalue weighted by Crippen LogP contribution is -2.07. The predicted molar refractivity (Wildman–Crippen MR) is 97.1 cm³/mol. The number of unbranched alkanes of at least 4 members (excludes halogenated alkanes) is 12. The van der Waals surface area contributed by atoms with Gasteiger partial charge in [-0.2, -0.15) is 0 Å². The van der Waals surface area contributed by atoms with Crippen LogP contribution in [0.2, 0.25) is 0 Å². The highest BCUT2D eigenvalue weighted by molar-refractivity contribution is 5.80. The molecule has 0 bridgehead atoms. The zero-order valence-corrected chi connectivity index (χ0v) is 15.5. The van der Waals surface area contributed by atoms with E-state index in [9.17, 15) is 9.59 Å². The number of aliphatic hydroxyl groups excluding tert-OH is 2. The standard InChI is InChI=1S/C16H32O2.C3H6O3/c1-2-3-4-5-6-7-8-9-10-11-12-13-14-15-16(17)18;4-1-3(6)2-5/h2-15H2,1H3,(H,17,18);4-5H,1-2H2. The van der Waals surface area contributed by atoms with E-state index >= 15 is 0 Å². The van der Waals surface area contributed by atoms with Crippen molar-refractivity contribution in [1.29, 1.82) is 0 Å². The van der Waals surface area contributed by atoms with Crippen LogP contribution in [0.1, 0.15) is 96.8 Å². The number of Topliss-reactive ketones (excluding diaryl/α,β-unsaturated/α-hetero) is 1. The molecule has 0 aromatic carbocycles. The Labute approximate surface area is 147 Å². The smallest absolute Gasteiger partial charge is 0.303 e. The Bertz CT molecular complexity index is 273. The Balaban J connectivity index is 0. The van der Waals surface area contributed by atoms with Crippen molar-refractivity contribution in [3.63, 3.8) is 0 Å². The third-order valence-corrected chi connectivity index (χ3v) is 3.85. The van der Waals surface area contributed by atoms with Gasteiger partial charge in [0.25, 0.3) is 0 Å².